The van der Waals surface area contributed by atoms with Crippen molar-refractivity contribution in [1.82, 2.24) is 4.98 Å². The second-order valence-corrected chi connectivity index (χ2v) is 4.46. The quantitative estimate of drug-likeness (QED) is 0.769. The van der Waals surface area contributed by atoms with Gasteiger partial charge >= 0.3 is 5.97 Å². The normalized spacial score (nSPS) is 12.1. The van der Waals surface area contributed by atoms with Crippen LogP contribution in [0, 0.1) is 0 Å². The number of pyridine rings is 1. The van der Waals surface area contributed by atoms with Gasteiger partial charge in [-0.1, -0.05) is 0 Å². The molecule has 1 unspecified atom stereocenters. The Kier molecular flexibility index (Phi) is 3.91. The molecule has 5 nitrogen and oxygen atoms in total. The molecule has 1 atom stereocenters. The second kappa shape index (κ2) is 5.61. The van der Waals surface area contributed by atoms with E-state index in [0.717, 1.165) is 5.56 Å². The van der Waals surface area contributed by atoms with Crippen molar-refractivity contribution in [3.8, 4) is 0 Å². The summed E-state index contributed by atoms with van der Waals surface area (Å²) in [7, 11) is 0. The van der Waals surface area contributed by atoms with E-state index in [1.54, 1.807) is 0 Å². The van der Waals surface area contributed by atoms with Crippen LogP contribution in [0.5, 0.6) is 0 Å². The standard InChI is InChI=1S/C12H12N2O3S/c15-11(8-2-4-18-7-8)6-14-10-5-13-3-1-9(10)12(16)17/h1-5,7,11,14-15H,6H2,(H,16,17). The Morgan fingerprint density at radius 2 is 2.33 bits per heavy atom. The van der Waals surface area contributed by atoms with Gasteiger partial charge in [-0.3, -0.25) is 4.98 Å². The van der Waals surface area contributed by atoms with E-state index in [1.165, 1.54) is 29.8 Å². The number of thiophene rings is 1. The van der Waals surface area contributed by atoms with E-state index in [-0.39, 0.29) is 12.1 Å². The molecule has 2 rings (SSSR count). The molecule has 3 N–H and O–H groups in total. The van der Waals surface area contributed by atoms with Crippen molar-refractivity contribution < 1.29 is 15.0 Å². The summed E-state index contributed by atoms with van der Waals surface area (Å²) in [6.07, 6.45) is 2.19. The minimum Gasteiger partial charge on any atom is -0.478 e. The third-order valence-corrected chi connectivity index (χ3v) is 3.17. The fraction of sp³-hybridized carbons (Fsp3) is 0.167. The molecule has 0 aliphatic heterocycles. The molecule has 2 aromatic rings. The smallest absolute Gasteiger partial charge is 0.337 e. The van der Waals surface area contributed by atoms with Crippen LogP contribution in [0.2, 0.25) is 0 Å². The first-order chi connectivity index (χ1) is 8.68. The Labute approximate surface area is 108 Å². The van der Waals surface area contributed by atoms with Crippen LogP contribution < -0.4 is 5.32 Å². The summed E-state index contributed by atoms with van der Waals surface area (Å²) in [5.41, 5.74) is 1.36. The molecule has 18 heavy (non-hydrogen) atoms. The Morgan fingerprint density at radius 1 is 1.50 bits per heavy atom. The summed E-state index contributed by atoms with van der Waals surface area (Å²) in [5.74, 6) is -1.02. The Bertz CT molecular complexity index is 528. The summed E-state index contributed by atoms with van der Waals surface area (Å²) in [4.78, 5) is 14.8. The Morgan fingerprint density at radius 3 is 3.00 bits per heavy atom. The zero-order valence-electron chi connectivity index (χ0n) is 9.41. The minimum absolute atomic E-state index is 0.141. The molecule has 2 aromatic heterocycles. The Balaban J connectivity index is 2.04. The second-order valence-electron chi connectivity index (χ2n) is 3.68. The zero-order valence-corrected chi connectivity index (χ0v) is 10.2. The number of anilines is 1. The van der Waals surface area contributed by atoms with Gasteiger partial charge in [0.1, 0.15) is 0 Å². The fourth-order valence-corrected chi connectivity index (χ4v) is 2.22. The van der Waals surface area contributed by atoms with Gasteiger partial charge in [0.05, 0.1) is 23.6 Å². The molecule has 0 bridgehead atoms. The molecule has 0 radical (unpaired) electrons. The van der Waals surface area contributed by atoms with Crippen LogP contribution in [0.25, 0.3) is 0 Å². The summed E-state index contributed by atoms with van der Waals surface area (Å²) < 4.78 is 0. The van der Waals surface area contributed by atoms with Crippen LogP contribution in [0.4, 0.5) is 5.69 Å². The van der Waals surface area contributed by atoms with Gasteiger partial charge in [0.25, 0.3) is 0 Å². The lowest BCUT2D eigenvalue weighted by Gasteiger charge is -2.12. The molecule has 0 saturated heterocycles. The molecule has 0 aliphatic carbocycles. The van der Waals surface area contributed by atoms with Crippen LogP contribution in [0.3, 0.4) is 0 Å². The molecule has 0 aliphatic rings. The number of carboxylic acids is 1. The molecule has 6 heteroatoms. The van der Waals surface area contributed by atoms with Crippen molar-refractivity contribution in [1.29, 1.82) is 0 Å². The van der Waals surface area contributed by atoms with Crippen LogP contribution in [0.1, 0.15) is 22.0 Å². The highest BCUT2D eigenvalue weighted by Gasteiger charge is 2.12. The highest BCUT2D eigenvalue weighted by Crippen LogP contribution is 2.18. The van der Waals surface area contributed by atoms with Crippen LogP contribution >= 0.6 is 11.3 Å². The number of aromatic carboxylic acids is 1. The number of aliphatic hydroxyl groups is 1. The first-order valence-electron chi connectivity index (χ1n) is 5.30. The first-order valence-corrected chi connectivity index (χ1v) is 6.24. The topological polar surface area (TPSA) is 82.5 Å². The van der Waals surface area contributed by atoms with Crippen LogP contribution in [0.15, 0.2) is 35.3 Å². The van der Waals surface area contributed by atoms with Gasteiger partial charge in [0.2, 0.25) is 0 Å². The molecular formula is C12H12N2O3S. The maximum Gasteiger partial charge on any atom is 0.337 e. The fourth-order valence-electron chi connectivity index (χ4n) is 1.51. The molecule has 0 amide bonds. The number of hydrogen-bond acceptors (Lipinski definition) is 5. The van der Waals surface area contributed by atoms with E-state index in [0.29, 0.717) is 5.69 Å². The third-order valence-electron chi connectivity index (χ3n) is 2.47. The van der Waals surface area contributed by atoms with Gasteiger partial charge in [-0.05, 0) is 28.5 Å². The van der Waals surface area contributed by atoms with Gasteiger partial charge in [-0.15, -0.1) is 0 Å². The number of rotatable bonds is 5. The van der Waals surface area contributed by atoms with Crippen molar-refractivity contribution in [2.75, 3.05) is 11.9 Å². The zero-order chi connectivity index (χ0) is 13.0. The summed E-state index contributed by atoms with van der Waals surface area (Å²) in [6, 6.07) is 3.25. The first kappa shape index (κ1) is 12.5. The van der Waals surface area contributed by atoms with Crippen molar-refractivity contribution in [3.63, 3.8) is 0 Å². The maximum absolute atomic E-state index is 11.0. The van der Waals surface area contributed by atoms with Gasteiger partial charge in [-0.25, -0.2) is 4.79 Å². The lowest BCUT2D eigenvalue weighted by molar-refractivity contribution is 0.0697. The monoisotopic (exact) mass is 264 g/mol. The number of carbonyl (C=O) groups is 1. The van der Waals surface area contributed by atoms with Gasteiger partial charge in [-0.2, -0.15) is 11.3 Å². The molecule has 0 aromatic carbocycles. The number of hydrogen-bond donors (Lipinski definition) is 3. The molecule has 0 saturated carbocycles. The van der Waals surface area contributed by atoms with Gasteiger partial charge in [0.15, 0.2) is 0 Å². The van der Waals surface area contributed by atoms with E-state index in [9.17, 15) is 9.90 Å². The van der Waals surface area contributed by atoms with Gasteiger partial charge < -0.3 is 15.5 Å². The molecule has 94 valence electrons. The average Bonchev–Trinajstić information content (AvgIpc) is 2.90. The van der Waals surface area contributed by atoms with Crippen LogP contribution in [-0.2, 0) is 0 Å². The largest absolute Gasteiger partial charge is 0.478 e. The van der Waals surface area contributed by atoms with Crippen molar-refractivity contribution >= 4 is 23.0 Å². The third kappa shape index (κ3) is 2.85. The molecule has 0 fully saturated rings. The predicted molar refractivity (Wildman–Crippen MR) is 69.0 cm³/mol. The molecule has 2 heterocycles. The summed E-state index contributed by atoms with van der Waals surface area (Å²) in [5, 5.41) is 25.5. The summed E-state index contributed by atoms with van der Waals surface area (Å²) >= 11 is 1.50. The van der Waals surface area contributed by atoms with E-state index in [1.807, 2.05) is 16.8 Å². The molecular weight excluding hydrogens is 252 g/mol. The van der Waals surface area contributed by atoms with Crippen molar-refractivity contribution in [2.45, 2.75) is 6.10 Å². The highest BCUT2D eigenvalue weighted by atomic mass is 32.1. The average molecular weight is 264 g/mol. The predicted octanol–water partition coefficient (Wildman–Crippen LogP) is 1.99. The highest BCUT2D eigenvalue weighted by molar-refractivity contribution is 7.07. The Hall–Kier alpha value is -1.92. The number of carboxylic acid groups (broad SMARTS) is 1. The van der Waals surface area contributed by atoms with E-state index in [2.05, 4.69) is 10.3 Å². The lowest BCUT2D eigenvalue weighted by atomic mass is 10.2. The SMILES string of the molecule is O=C(O)c1ccncc1NCC(O)c1ccsc1. The van der Waals surface area contributed by atoms with Crippen LogP contribution in [-0.4, -0.2) is 27.7 Å². The van der Waals surface area contributed by atoms with E-state index < -0.39 is 12.1 Å². The van der Waals surface area contributed by atoms with E-state index >= 15 is 0 Å². The lowest BCUT2D eigenvalue weighted by Crippen LogP contribution is -2.14. The number of aromatic nitrogens is 1. The minimum atomic E-state index is -1.02. The van der Waals surface area contributed by atoms with Gasteiger partial charge in [0, 0.05) is 12.7 Å². The number of aliphatic hydroxyl groups excluding tert-OH is 1. The van der Waals surface area contributed by atoms with E-state index in [4.69, 9.17) is 5.11 Å². The number of nitrogens with one attached hydrogen (secondary N) is 1. The maximum atomic E-state index is 11.0. The van der Waals surface area contributed by atoms with Crippen molar-refractivity contribution in [3.05, 3.63) is 46.4 Å². The summed E-state index contributed by atoms with van der Waals surface area (Å²) in [6.45, 7) is 0.239. The van der Waals surface area contributed by atoms with Crippen molar-refractivity contribution in [2.24, 2.45) is 0 Å². The molecule has 0 spiro atoms. The number of nitrogens with zero attached hydrogens (tertiary/aromatic N) is 1.